The maximum Gasteiger partial charge on any atom is 0.248 e. The van der Waals surface area contributed by atoms with Crippen LogP contribution in [-0.4, -0.2) is 18.8 Å². The van der Waals surface area contributed by atoms with Crippen molar-refractivity contribution in [3.05, 3.63) is 65.7 Å². The summed E-state index contributed by atoms with van der Waals surface area (Å²) in [6.45, 7) is 1.50. The van der Waals surface area contributed by atoms with Crippen LogP contribution < -0.4 is 10.1 Å². The van der Waals surface area contributed by atoms with Crippen molar-refractivity contribution < 1.29 is 14.3 Å². The van der Waals surface area contributed by atoms with Crippen molar-refractivity contribution in [2.24, 2.45) is 0 Å². The Bertz CT molecular complexity index is 703. The van der Waals surface area contributed by atoms with Crippen molar-refractivity contribution in [1.82, 2.24) is 0 Å². The van der Waals surface area contributed by atoms with Gasteiger partial charge in [-0.3, -0.25) is 9.59 Å². The van der Waals surface area contributed by atoms with E-state index in [0.717, 1.165) is 11.3 Å². The lowest BCUT2D eigenvalue weighted by molar-refractivity contribution is -0.111. The highest BCUT2D eigenvalue weighted by atomic mass is 16.5. The van der Waals surface area contributed by atoms with E-state index in [0.29, 0.717) is 11.3 Å². The van der Waals surface area contributed by atoms with Gasteiger partial charge in [0.15, 0.2) is 5.78 Å². The monoisotopic (exact) mass is 295 g/mol. The third kappa shape index (κ3) is 4.31. The molecule has 0 aliphatic carbocycles. The van der Waals surface area contributed by atoms with Crippen molar-refractivity contribution in [3.8, 4) is 5.75 Å². The number of anilines is 1. The molecule has 0 bridgehead atoms. The SMILES string of the molecule is COc1cccc(/C=C/C(=O)Nc2ccc(C(C)=O)cc2)c1. The van der Waals surface area contributed by atoms with E-state index in [1.54, 1.807) is 37.5 Å². The average Bonchev–Trinajstić information content (AvgIpc) is 2.53. The van der Waals surface area contributed by atoms with E-state index in [1.165, 1.54) is 13.0 Å². The predicted molar refractivity (Wildman–Crippen MR) is 87.1 cm³/mol. The largest absolute Gasteiger partial charge is 0.497 e. The van der Waals surface area contributed by atoms with Crippen LogP contribution in [0, 0.1) is 0 Å². The van der Waals surface area contributed by atoms with E-state index >= 15 is 0 Å². The summed E-state index contributed by atoms with van der Waals surface area (Å²) in [6.07, 6.45) is 3.16. The molecular formula is C18H17NO3. The van der Waals surface area contributed by atoms with E-state index < -0.39 is 0 Å². The smallest absolute Gasteiger partial charge is 0.248 e. The van der Waals surface area contributed by atoms with Crippen LogP contribution in [0.1, 0.15) is 22.8 Å². The molecule has 0 radical (unpaired) electrons. The summed E-state index contributed by atoms with van der Waals surface area (Å²) in [6, 6.07) is 14.2. The van der Waals surface area contributed by atoms with Gasteiger partial charge in [-0.1, -0.05) is 12.1 Å². The average molecular weight is 295 g/mol. The Balaban J connectivity index is 1.99. The number of rotatable bonds is 5. The van der Waals surface area contributed by atoms with E-state index in [4.69, 9.17) is 4.74 Å². The molecule has 0 aliphatic heterocycles. The normalized spacial score (nSPS) is 10.5. The zero-order chi connectivity index (χ0) is 15.9. The standard InChI is InChI=1S/C18H17NO3/c1-13(20)15-7-9-16(10-8-15)19-18(21)11-6-14-4-3-5-17(12-14)22-2/h3-12H,1-2H3,(H,19,21)/b11-6+. The molecule has 0 spiro atoms. The number of carbonyl (C=O) groups is 2. The van der Waals surface area contributed by atoms with Crippen LogP contribution in [0.2, 0.25) is 0 Å². The van der Waals surface area contributed by atoms with Gasteiger partial charge in [-0.15, -0.1) is 0 Å². The molecule has 1 N–H and O–H groups in total. The van der Waals surface area contributed by atoms with E-state index in [2.05, 4.69) is 5.32 Å². The van der Waals surface area contributed by atoms with Gasteiger partial charge in [-0.05, 0) is 55.0 Å². The first-order chi connectivity index (χ1) is 10.6. The molecule has 4 nitrogen and oxygen atoms in total. The van der Waals surface area contributed by atoms with Crippen LogP contribution in [0.5, 0.6) is 5.75 Å². The fraction of sp³-hybridized carbons (Fsp3) is 0.111. The molecule has 22 heavy (non-hydrogen) atoms. The lowest BCUT2D eigenvalue weighted by atomic mass is 10.1. The third-order valence-electron chi connectivity index (χ3n) is 3.08. The first-order valence-corrected chi connectivity index (χ1v) is 6.82. The fourth-order valence-corrected chi connectivity index (χ4v) is 1.89. The van der Waals surface area contributed by atoms with Crippen molar-refractivity contribution in [1.29, 1.82) is 0 Å². The molecule has 0 atom stereocenters. The van der Waals surface area contributed by atoms with Crippen LogP contribution in [0.3, 0.4) is 0 Å². The number of carbonyl (C=O) groups excluding carboxylic acids is 2. The topological polar surface area (TPSA) is 55.4 Å². The predicted octanol–water partition coefficient (Wildman–Crippen LogP) is 3.55. The number of benzene rings is 2. The number of hydrogen-bond donors (Lipinski definition) is 1. The van der Waals surface area contributed by atoms with Gasteiger partial charge >= 0.3 is 0 Å². The molecule has 0 aliphatic rings. The fourth-order valence-electron chi connectivity index (χ4n) is 1.89. The molecule has 0 aromatic heterocycles. The lowest BCUT2D eigenvalue weighted by Crippen LogP contribution is -2.07. The summed E-state index contributed by atoms with van der Waals surface area (Å²) in [4.78, 5) is 23.0. The Labute approximate surface area is 129 Å². The number of ether oxygens (including phenoxy) is 1. The molecule has 2 rings (SSSR count). The Morgan fingerprint density at radius 3 is 2.45 bits per heavy atom. The van der Waals surface area contributed by atoms with Crippen molar-refractivity contribution in [3.63, 3.8) is 0 Å². The van der Waals surface area contributed by atoms with Gasteiger partial charge in [0, 0.05) is 17.3 Å². The zero-order valence-corrected chi connectivity index (χ0v) is 12.5. The van der Waals surface area contributed by atoms with E-state index in [1.807, 2.05) is 24.3 Å². The van der Waals surface area contributed by atoms with Crippen molar-refractivity contribution in [2.75, 3.05) is 12.4 Å². The third-order valence-corrected chi connectivity index (χ3v) is 3.08. The second-order valence-corrected chi connectivity index (χ2v) is 4.73. The van der Waals surface area contributed by atoms with Crippen molar-refractivity contribution in [2.45, 2.75) is 6.92 Å². The van der Waals surface area contributed by atoms with Crippen LogP contribution >= 0.6 is 0 Å². The number of nitrogens with one attached hydrogen (secondary N) is 1. The Morgan fingerprint density at radius 1 is 1.09 bits per heavy atom. The van der Waals surface area contributed by atoms with Crippen LogP contribution in [0.15, 0.2) is 54.6 Å². The van der Waals surface area contributed by atoms with Gasteiger partial charge in [-0.25, -0.2) is 0 Å². The minimum Gasteiger partial charge on any atom is -0.497 e. The minimum absolute atomic E-state index is 0.00389. The molecule has 0 fully saturated rings. The molecule has 0 saturated carbocycles. The molecule has 2 aromatic carbocycles. The summed E-state index contributed by atoms with van der Waals surface area (Å²) >= 11 is 0. The summed E-state index contributed by atoms with van der Waals surface area (Å²) in [5, 5.41) is 2.74. The number of methoxy groups -OCH3 is 1. The van der Waals surface area contributed by atoms with Crippen molar-refractivity contribution >= 4 is 23.5 Å². The van der Waals surface area contributed by atoms with Gasteiger partial charge in [0.25, 0.3) is 0 Å². The van der Waals surface area contributed by atoms with Gasteiger partial charge in [0.05, 0.1) is 7.11 Å². The second-order valence-electron chi connectivity index (χ2n) is 4.73. The number of ketones is 1. The highest BCUT2D eigenvalue weighted by Crippen LogP contribution is 2.14. The van der Waals surface area contributed by atoms with Crippen LogP contribution in [0.4, 0.5) is 5.69 Å². The Kier molecular flexibility index (Phi) is 5.09. The Hall–Kier alpha value is -2.88. The molecule has 0 unspecified atom stereocenters. The Morgan fingerprint density at radius 2 is 1.82 bits per heavy atom. The highest BCUT2D eigenvalue weighted by molar-refractivity contribution is 6.02. The van der Waals surface area contributed by atoms with Gasteiger partial charge in [0.1, 0.15) is 5.75 Å². The molecule has 4 heteroatoms. The summed E-state index contributed by atoms with van der Waals surface area (Å²) < 4.78 is 5.13. The number of amides is 1. The molecule has 1 amide bonds. The van der Waals surface area contributed by atoms with Crippen LogP contribution in [0.25, 0.3) is 6.08 Å². The molecule has 0 saturated heterocycles. The molecule has 112 valence electrons. The summed E-state index contributed by atoms with van der Waals surface area (Å²) in [5.74, 6) is 0.497. The van der Waals surface area contributed by atoms with Gasteiger partial charge < -0.3 is 10.1 Å². The quantitative estimate of drug-likeness (QED) is 0.678. The molecule has 0 heterocycles. The first kappa shape index (κ1) is 15.5. The first-order valence-electron chi connectivity index (χ1n) is 6.82. The van der Waals surface area contributed by atoms with Crippen LogP contribution in [-0.2, 0) is 4.79 Å². The maximum atomic E-state index is 11.9. The van der Waals surface area contributed by atoms with E-state index in [-0.39, 0.29) is 11.7 Å². The zero-order valence-electron chi connectivity index (χ0n) is 12.5. The number of Topliss-reactive ketones (excluding diaryl/α,β-unsaturated/α-hetero) is 1. The van der Waals surface area contributed by atoms with E-state index in [9.17, 15) is 9.59 Å². The minimum atomic E-state index is -0.238. The van der Waals surface area contributed by atoms with Gasteiger partial charge in [0.2, 0.25) is 5.91 Å². The van der Waals surface area contributed by atoms with Gasteiger partial charge in [-0.2, -0.15) is 0 Å². The summed E-state index contributed by atoms with van der Waals surface area (Å²) in [7, 11) is 1.60. The molecular weight excluding hydrogens is 278 g/mol. The maximum absolute atomic E-state index is 11.9. The lowest BCUT2D eigenvalue weighted by Gasteiger charge is -2.03. The second kappa shape index (κ2) is 7.22. The molecule has 2 aromatic rings. The summed E-state index contributed by atoms with van der Waals surface area (Å²) in [5.41, 5.74) is 2.14. The number of hydrogen-bond acceptors (Lipinski definition) is 3. The highest BCUT2D eigenvalue weighted by Gasteiger charge is 2.01.